The molecule has 0 aromatic carbocycles. The van der Waals surface area contributed by atoms with Crippen LogP contribution < -0.4 is 9.64 Å². The van der Waals surface area contributed by atoms with E-state index in [1.165, 1.54) is 13.4 Å². The molecule has 1 N–H and O–H groups in total. The van der Waals surface area contributed by atoms with Crippen LogP contribution in [0.2, 0.25) is 0 Å². The predicted molar refractivity (Wildman–Crippen MR) is 75.6 cm³/mol. The monoisotopic (exact) mass is 297 g/mol. The summed E-state index contributed by atoms with van der Waals surface area (Å²) in [6.45, 7) is 3.59. The van der Waals surface area contributed by atoms with Gasteiger partial charge in [0.25, 0.3) is 5.88 Å². The highest BCUT2D eigenvalue weighted by Crippen LogP contribution is 2.33. The minimum Gasteiger partial charge on any atom is -0.476 e. The zero-order valence-corrected chi connectivity index (χ0v) is 11.9. The molecule has 0 amide bonds. The number of nitro groups is 1. The van der Waals surface area contributed by atoms with E-state index in [1.54, 1.807) is 0 Å². The molecule has 1 fully saturated rings. The van der Waals surface area contributed by atoms with Crippen LogP contribution in [0.1, 0.15) is 6.42 Å². The Morgan fingerprint density at radius 1 is 1.38 bits per heavy atom. The van der Waals surface area contributed by atoms with Crippen LogP contribution in [0.5, 0.6) is 5.88 Å². The quantitative estimate of drug-likeness (QED) is 0.593. The van der Waals surface area contributed by atoms with Gasteiger partial charge < -0.3 is 14.7 Å². The molecule has 0 saturated carbocycles. The van der Waals surface area contributed by atoms with Gasteiger partial charge in [0.2, 0.25) is 5.82 Å². The second-order valence-electron chi connectivity index (χ2n) is 4.72. The minimum atomic E-state index is -0.509. The van der Waals surface area contributed by atoms with Crippen LogP contribution in [0.3, 0.4) is 0 Å². The zero-order valence-electron chi connectivity index (χ0n) is 11.9. The van der Waals surface area contributed by atoms with Crippen LogP contribution in [0.4, 0.5) is 11.5 Å². The van der Waals surface area contributed by atoms with Gasteiger partial charge in [0.15, 0.2) is 0 Å². The SMILES string of the molecule is COc1ncnc(N2CCCN(CCO)CC2)c1[N+](=O)[O-]. The normalized spacial score (nSPS) is 16.6. The maximum Gasteiger partial charge on any atom is 0.372 e. The number of hydrogen-bond donors (Lipinski definition) is 1. The van der Waals surface area contributed by atoms with E-state index in [1.807, 2.05) is 4.90 Å². The third-order valence-corrected chi connectivity index (χ3v) is 3.45. The lowest BCUT2D eigenvalue weighted by atomic mass is 10.3. The number of hydrogen-bond acceptors (Lipinski definition) is 8. The Morgan fingerprint density at radius 3 is 2.86 bits per heavy atom. The first-order valence-electron chi connectivity index (χ1n) is 6.79. The molecule has 21 heavy (non-hydrogen) atoms. The summed E-state index contributed by atoms with van der Waals surface area (Å²) in [5, 5.41) is 20.3. The predicted octanol–water partition coefficient (Wildman–Crippen LogP) is -0.102. The number of aliphatic hydroxyl groups is 1. The number of ether oxygens (including phenoxy) is 1. The first-order chi connectivity index (χ1) is 10.2. The van der Waals surface area contributed by atoms with Crippen molar-refractivity contribution in [3.8, 4) is 5.88 Å². The number of nitrogens with zero attached hydrogens (tertiary/aromatic N) is 5. The molecule has 0 spiro atoms. The van der Waals surface area contributed by atoms with Crippen molar-refractivity contribution >= 4 is 11.5 Å². The van der Waals surface area contributed by atoms with Gasteiger partial charge in [-0.15, -0.1) is 0 Å². The van der Waals surface area contributed by atoms with Crippen molar-refractivity contribution in [2.24, 2.45) is 0 Å². The summed E-state index contributed by atoms with van der Waals surface area (Å²) in [5.74, 6) is 0.263. The van der Waals surface area contributed by atoms with Crippen molar-refractivity contribution in [1.29, 1.82) is 0 Å². The van der Waals surface area contributed by atoms with Crippen LogP contribution in [-0.2, 0) is 0 Å². The van der Waals surface area contributed by atoms with Crippen molar-refractivity contribution in [2.45, 2.75) is 6.42 Å². The van der Waals surface area contributed by atoms with Gasteiger partial charge >= 0.3 is 5.69 Å². The van der Waals surface area contributed by atoms with Gasteiger partial charge in [-0.1, -0.05) is 0 Å². The van der Waals surface area contributed by atoms with E-state index in [4.69, 9.17) is 9.84 Å². The minimum absolute atomic E-state index is 0.0264. The molecule has 0 bridgehead atoms. The molecule has 2 rings (SSSR count). The molecule has 1 aliphatic heterocycles. The number of β-amino-alcohol motifs (C(OH)–C–C–N with tert-alkyl or cyclic N) is 1. The maximum atomic E-state index is 11.3. The third-order valence-electron chi connectivity index (χ3n) is 3.45. The average molecular weight is 297 g/mol. The van der Waals surface area contributed by atoms with Crippen LogP contribution in [0.25, 0.3) is 0 Å². The van der Waals surface area contributed by atoms with Crippen LogP contribution >= 0.6 is 0 Å². The van der Waals surface area contributed by atoms with Gasteiger partial charge in [-0.25, -0.2) is 4.98 Å². The lowest BCUT2D eigenvalue weighted by molar-refractivity contribution is -0.385. The number of anilines is 1. The summed E-state index contributed by atoms with van der Waals surface area (Å²) < 4.78 is 4.97. The van der Waals surface area contributed by atoms with E-state index in [2.05, 4.69) is 14.9 Å². The van der Waals surface area contributed by atoms with Gasteiger partial charge in [-0.05, 0) is 13.0 Å². The molecule has 9 heteroatoms. The van der Waals surface area contributed by atoms with Crippen molar-refractivity contribution in [2.75, 3.05) is 51.3 Å². The first-order valence-corrected chi connectivity index (χ1v) is 6.79. The second-order valence-corrected chi connectivity index (χ2v) is 4.72. The molecule has 116 valence electrons. The van der Waals surface area contributed by atoms with E-state index in [9.17, 15) is 10.1 Å². The number of aromatic nitrogens is 2. The highest BCUT2D eigenvalue weighted by Gasteiger charge is 2.28. The summed E-state index contributed by atoms with van der Waals surface area (Å²) in [7, 11) is 1.35. The highest BCUT2D eigenvalue weighted by atomic mass is 16.6. The molecule has 2 heterocycles. The van der Waals surface area contributed by atoms with E-state index in [0.717, 1.165) is 19.5 Å². The van der Waals surface area contributed by atoms with Crippen LogP contribution in [-0.4, -0.2) is 71.3 Å². The average Bonchev–Trinajstić information content (AvgIpc) is 2.72. The van der Waals surface area contributed by atoms with Gasteiger partial charge in [0.05, 0.1) is 18.6 Å². The highest BCUT2D eigenvalue weighted by molar-refractivity contribution is 5.62. The lowest BCUT2D eigenvalue weighted by Gasteiger charge is -2.22. The van der Waals surface area contributed by atoms with Crippen LogP contribution in [0.15, 0.2) is 6.33 Å². The van der Waals surface area contributed by atoms with Gasteiger partial charge in [0, 0.05) is 26.2 Å². The summed E-state index contributed by atoms with van der Waals surface area (Å²) >= 11 is 0. The molecule has 1 saturated heterocycles. The first kappa shape index (κ1) is 15.4. The Hall–Kier alpha value is -2.00. The number of methoxy groups -OCH3 is 1. The van der Waals surface area contributed by atoms with E-state index in [0.29, 0.717) is 19.6 Å². The van der Waals surface area contributed by atoms with Crippen molar-refractivity contribution in [3.05, 3.63) is 16.4 Å². The van der Waals surface area contributed by atoms with Gasteiger partial charge in [-0.3, -0.25) is 15.0 Å². The molecule has 1 aromatic rings. The zero-order chi connectivity index (χ0) is 15.2. The van der Waals surface area contributed by atoms with E-state index in [-0.39, 0.29) is 24.0 Å². The molecular formula is C12H19N5O4. The molecule has 0 radical (unpaired) electrons. The van der Waals surface area contributed by atoms with Crippen molar-refractivity contribution in [3.63, 3.8) is 0 Å². The summed E-state index contributed by atoms with van der Waals surface area (Å²) in [4.78, 5) is 22.6. The lowest BCUT2D eigenvalue weighted by Crippen LogP contribution is -2.33. The van der Waals surface area contributed by atoms with E-state index < -0.39 is 4.92 Å². The number of aliphatic hydroxyl groups excluding tert-OH is 1. The Bertz CT molecular complexity index is 499. The molecule has 9 nitrogen and oxygen atoms in total. The third kappa shape index (κ3) is 3.56. The smallest absolute Gasteiger partial charge is 0.372 e. The molecule has 0 unspecified atom stereocenters. The molecule has 1 aromatic heterocycles. The summed E-state index contributed by atoms with van der Waals surface area (Å²) in [6, 6.07) is 0. The van der Waals surface area contributed by atoms with Gasteiger partial charge in [0.1, 0.15) is 6.33 Å². The fourth-order valence-electron chi connectivity index (χ4n) is 2.44. The molecule has 0 aliphatic carbocycles. The fourth-order valence-corrected chi connectivity index (χ4v) is 2.44. The van der Waals surface area contributed by atoms with E-state index >= 15 is 0 Å². The molecular weight excluding hydrogens is 278 g/mol. The largest absolute Gasteiger partial charge is 0.476 e. The molecule has 1 aliphatic rings. The Balaban J connectivity index is 2.23. The topological polar surface area (TPSA) is 105 Å². The Morgan fingerprint density at radius 2 is 2.19 bits per heavy atom. The fraction of sp³-hybridized carbons (Fsp3) is 0.667. The Labute approximate surface area is 122 Å². The maximum absolute atomic E-state index is 11.3. The van der Waals surface area contributed by atoms with Crippen molar-refractivity contribution in [1.82, 2.24) is 14.9 Å². The number of rotatable bonds is 5. The Kier molecular flexibility index (Phi) is 5.23. The standard InChI is InChI=1S/C12H19N5O4/c1-21-12-10(17(19)20)11(13-9-14-12)16-4-2-3-15(5-6-16)7-8-18/h9,18H,2-8H2,1H3. The summed E-state index contributed by atoms with van der Waals surface area (Å²) in [6.07, 6.45) is 2.13. The molecule has 0 atom stereocenters. The van der Waals surface area contributed by atoms with Crippen LogP contribution in [0, 0.1) is 10.1 Å². The summed E-state index contributed by atoms with van der Waals surface area (Å²) in [5.41, 5.74) is -0.199. The van der Waals surface area contributed by atoms with Gasteiger partial charge in [-0.2, -0.15) is 4.98 Å². The van der Waals surface area contributed by atoms with Crippen molar-refractivity contribution < 1.29 is 14.8 Å². The second kappa shape index (κ2) is 7.14.